The molecule has 13 heteroatoms. The molecule has 5 aliphatic rings. The van der Waals surface area contributed by atoms with Crippen LogP contribution in [0.5, 0.6) is 0 Å². The summed E-state index contributed by atoms with van der Waals surface area (Å²) in [5.41, 5.74) is -0.821. The average Bonchev–Trinajstić information content (AvgIpc) is 3.52. The van der Waals surface area contributed by atoms with Crippen LogP contribution in [0.2, 0.25) is 10.2 Å². The average molecular weight is 689 g/mol. The predicted octanol–water partition coefficient (Wildman–Crippen LogP) is 4.33. The molecule has 2 spiro atoms. The van der Waals surface area contributed by atoms with Crippen LogP contribution >= 0.6 is 23.2 Å². The molecule has 1 unspecified atom stereocenters. The monoisotopic (exact) mass is 687 g/mol. The van der Waals surface area contributed by atoms with Crippen molar-refractivity contribution in [1.29, 1.82) is 0 Å². The Morgan fingerprint density at radius 2 is 1.83 bits per heavy atom. The van der Waals surface area contributed by atoms with Crippen LogP contribution in [0.1, 0.15) is 69.4 Å². The minimum atomic E-state index is -1.35. The van der Waals surface area contributed by atoms with Gasteiger partial charge in [0.1, 0.15) is 11.5 Å². The van der Waals surface area contributed by atoms with Gasteiger partial charge in [-0.05, 0) is 73.3 Å². The van der Waals surface area contributed by atoms with Gasteiger partial charge in [-0.1, -0.05) is 43.1 Å². The highest BCUT2D eigenvalue weighted by molar-refractivity contribution is 6.31. The zero-order valence-electron chi connectivity index (χ0n) is 26.5. The Labute approximate surface area is 283 Å². The number of hydrogen-bond acceptors (Lipinski definition) is 7. The van der Waals surface area contributed by atoms with E-state index >= 15 is 4.39 Å². The molecule has 0 bridgehead atoms. The standard InChI is InChI=1S/C34H40Cl2FN5O5/c1-32(2)8-10-33(11-9-32)34(22-5-3-19(35)17-23(22)40-31(34)45)25(21-7-12-38-28(36)26(21)37)27(41-33)29(43)39-20-4-6-24(47-18-20)30(44)42-13-15-46-16-14-42/h3,5,7,12,17,20,24-25,27,41H,4,6,8-11,13-16,18H2,1-2H3,(H,39,43)(H,40,45)/t20-,24?,25+,27-,34-/m1/s1. The van der Waals surface area contributed by atoms with Crippen LogP contribution in [0.25, 0.3) is 0 Å². The van der Waals surface area contributed by atoms with Gasteiger partial charge in [-0.25, -0.2) is 9.37 Å². The Balaban J connectivity index is 1.24. The van der Waals surface area contributed by atoms with Crippen LogP contribution < -0.4 is 16.0 Å². The molecule has 0 radical (unpaired) electrons. The largest absolute Gasteiger partial charge is 0.378 e. The molecule has 4 fully saturated rings. The van der Waals surface area contributed by atoms with Gasteiger partial charge < -0.3 is 25.0 Å². The summed E-state index contributed by atoms with van der Waals surface area (Å²) in [5.74, 6) is -2.46. The first-order chi connectivity index (χ1) is 22.5. The van der Waals surface area contributed by atoms with Crippen molar-refractivity contribution in [3.63, 3.8) is 0 Å². The van der Waals surface area contributed by atoms with E-state index < -0.39 is 34.8 Å². The van der Waals surface area contributed by atoms with Crippen molar-refractivity contribution < 1.29 is 28.2 Å². The topological polar surface area (TPSA) is 122 Å². The Hall–Kier alpha value is -2.83. The lowest BCUT2D eigenvalue weighted by molar-refractivity contribution is -0.151. The van der Waals surface area contributed by atoms with E-state index in [0.29, 0.717) is 68.3 Å². The molecule has 252 valence electrons. The van der Waals surface area contributed by atoms with Crippen molar-refractivity contribution in [3.8, 4) is 0 Å². The second kappa shape index (κ2) is 12.2. The van der Waals surface area contributed by atoms with Gasteiger partial charge in [-0.15, -0.1) is 0 Å². The van der Waals surface area contributed by atoms with Crippen molar-refractivity contribution >= 4 is 46.6 Å². The fraction of sp³-hybridized carbons (Fsp3) is 0.588. The number of amides is 3. The van der Waals surface area contributed by atoms with Crippen LogP contribution in [0.4, 0.5) is 10.1 Å². The Bertz CT molecular complexity index is 1580. The molecule has 3 amide bonds. The summed E-state index contributed by atoms with van der Waals surface area (Å²) in [6.07, 6.45) is 4.61. The quantitative estimate of drug-likeness (QED) is 0.409. The van der Waals surface area contributed by atoms with Gasteiger partial charge in [-0.3, -0.25) is 19.7 Å². The zero-order chi connectivity index (χ0) is 33.1. The number of benzene rings is 1. The highest BCUT2D eigenvalue weighted by atomic mass is 35.5. The van der Waals surface area contributed by atoms with Crippen molar-refractivity contribution in [2.45, 2.75) is 87.4 Å². The number of anilines is 1. The van der Waals surface area contributed by atoms with Gasteiger partial charge in [0.15, 0.2) is 11.0 Å². The Kier molecular flexibility index (Phi) is 8.52. The number of hydrogen-bond donors (Lipinski definition) is 3. The Morgan fingerprint density at radius 1 is 1.09 bits per heavy atom. The summed E-state index contributed by atoms with van der Waals surface area (Å²) in [4.78, 5) is 47.8. The first kappa shape index (κ1) is 32.7. The number of carbonyl (C=O) groups excluding carboxylic acids is 3. The molecule has 10 nitrogen and oxygen atoms in total. The van der Waals surface area contributed by atoms with Crippen LogP contribution in [-0.2, 0) is 29.3 Å². The molecule has 1 aliphatic carbocycles. The first-order valence-electron chi connectivity index (χ1n) is 16.4. The molecule has 5 atom stereocenters. The number of rotatable bonds is 4. The highest BCUT2D eigenvalue weighted by Crippen LogP contribution is 2.64. The van der Waals surface area contributed by atoms with E-state index in [9.17, 15) is 14.4 Å². The third-order valence-electron chi connectivity index (χ3n) is 11.2. The zero-order valence-corrected chi connectivity index (χ0v) is 28.1. The number of pyridine rings is 1. The smallest absolute Gasteiger partial charge is 0.251 e. The Morgan fingerprint density at radius 3 is 2.53 bits per heavy atom. The lowest BCUT2D eigenvalue weighted by atomic mass is 9.53. The van der Waals surface area contributed by atoms with Crippen LogP contribution in [0, 0.1) is 11.2 Å². The minimum Gasteiger partial charge on any atom is -0.378 e. The predicted molar refractivity (Wildman–Crippen MR) is 174 cm³/mol. The summed E-state index contributed by atoms with van der Waals surface area (Å²) >= 11 is 12.6. The fourth-order valence-electron chi connectivity index (χ4n) is 8.67. The molecule has 1 saturated carbocycles. The number of nitrogens with one attached hydrogen (secondary N) is 3. The van der Waals surface area contributed by atoms with E-state index in [0.717, 1.165) is 12.8 Å². The molecule has 3 N–H and O–H groups in total. The maximum atomic E-state index is 16.1. The van der Waals surface area contributed by atoms with Gasteiger partial charge in [-0.2, -0.15) is 0 Å². The number of ether oxygens (including phenoxy) is 2. The van der Waals surface area contributed by atoms with E-state index in [1.54, 1.807) is 17.0 Å². The lowest BCUT2D eigenvalue weighted by Crippen LogP contribution is -2.61. The van der Waals surface area contributed by atoms with E-state index in [2.05, 4.69) is 34.8 Å². The van der Waals surface area contributed by atoms with Gasteiger partial charge >= 0.3 is 0 Å². The lowest BCUT2D eigenvalue weighted by Gasteiger charge is -2.50. The van der Waals surface area contributed by atoms with Gasteiger partial charge in [0.05, 0.1) is 31.9 Å². The number of fused-ring (bicyclic) bond motifs is 3. The molecule has 7 rings (SSSR count). The molecule has 1 aromatic heterocycles. The van der Waals surface area contributed by atoms with Crippen molar-refractivity contribution in [3.05, 3.63) is 57.6 Å². The number of carbonyl (C=O) groups is 3. The number of nitrogens with zero attached hydrogens (tertiary/aromatic N) is 2. The number of halogens is 3. The summed E-state index contributed by atoms with van der Waals surface area (Å²) < 4.78 is 27.5. The van der Waals surface area contributed by atoms with Crippen LogP contribution in [0.15, 0.2) is 30.5 Å². The third-order valence-corrected chi connectivity index (χ3v) is 11.7. The molecular formula is C34H40Cl2FN5O5. The van der Waals surface area contributed by atoms with Crippen molar-refractivity contribution in [2.75, 3.05) is 38.2 Å². The van der Waals surface area contributed by atoms with E-state index in [-0.39, 0.29) is 46.5 Å². The summed E-state index contributed by atoms with van der Waals surface area (Å²) in [6, 6.07) is 5.42. The molecule has 5 heterocycles. The number of aromatic nitrogens is 1. The highest BCUT2D eigenvalue weighted by Gasteiger charge is 2.73. The fourth-order valence-corrected chi connectivity index (χ4v) is 9.00. The summed E-state index contributed by atoms with van der Waals surface area (Å²) in [6.45, 7) is 6.64. The third kappa shape index (κ3) is 5.42. The summed E-state index contributed by atoms with van der Waals surface area (Å²) in [7, 11) is 0. The normalized spacial score (nSPS) is 31.1. The second-order valence-corrected chi connectivity index (χ2v) is 15.1. The van der Waals surface area contributed by atoms with Crippen LogP contribution in [-0.4, -0.2) is 84.2 Å². The molecule has 1 aromatic carbocycles. The van der Waals surface area contributed by atoms with E-state index in [1.165, 1.54) is 12.3 Å². The van der Waals surface area contributed by atoms with Crippen molar-refractivity contribution in [2.24, 2.45) is 5.41 Å². The van der Waals surface area contributed by atoms with Gasteiger partial charge in [0.2, 0.25) is 11.8 Å². The van der Waals surface area contributed by atoms with E-state index in [4.69, 9.17) is 32.7 Å². The van der Waals surface area contributed by atoms with Gasteiger partial charge in [0.25, 0.3) is 5.91 Å². The molecule has 2 aromatic rings. The minimum absolute atomic E-state index is 0.0295. The molecule has 3 saturated heterocycles. The van der Waals surface area contributed by atoms with Gasteiger partial charge in [0, 0.05) is 41.5 Å². The SMILES string of the molecule is CC1(C)CCC2(CC1)N[C@@H](C(=O)N[C@@H]1CCC(C(=O)N3CCOCC3)OC1)[C@H](c1ccnc(Cl)c1F)[C@]21C(=O)Nc2cc(Cl)ccc21. The maximum absolute atomic E-state index is 16.1. The van der Waals surface area contributed by atoms with Crippen molar-refractivity contribution in [1.82, 2.24) is 20.5 Å². The number of morpholine rings is 1. The van der Waals surface area contributed by atoms with E-state index in [1.807, 2.05) is 6.07 Å². The second-order valence-electron chi connectivity index (χ2n) is 14.3. The summed E-state index contributed by atoms with van der Waals surface area (Å²) in [5, 5.41) is 9.98. The molecular weight excluding hydrogens is 648 g/mol. The maximum Gasteiger partial charge on any atom is 0.251 e. The molecule has 47 heavy (non-hydrogen) atoms. The first-order valence-corrected chi connectivity index (χ1v) is 17.2. The molecule has 4 aliphatic heterocycles. The van der Waals surface area contributed by atoms with Crippen LogP contribution in [0.3, 0.4) is 0 Å².